The number of allylic oxidation sites excluding steroid dienone is 1. The Hall–Kier alpha value is -1.07. The molecule has 1 aliphatic rings. The van der Waals surface area contributed by atoms with Crippen LogP contribution in [-0.4, -0.2) is 6.18 Å². The maximum absolute atomic E-state index is 11.4. The van der Waals surface area contributed by atoms with Crippen LogP contribution in [0.4, 0.5) is 13.2 Å². The smallest absolute Gasteiger partial charge is 0.290 e. The summed E-state index contributed by atoms with van der Waals surface area (Å²) in [4.78, 5) is 3.71. The number of hydrogen-bond donors (Lipinski definition) is 0. The van der Waals surface area contributed by atoms with Crippen molar-refractivity contribution in [3.05, 3.63) is 12.0 Å². The first-order valence-electron chi connectivity index (χ1n) is 1.95. The highest BCUT2D eigenvalue weighted by molar-refractivity contribution is 4.98. The fraction of sp³-hybridized carbons (Fsp3) is 0.333. The quantitative estimate of drug-likeness (QED) is 0.494. The molecule has 0 spiro atoms. The Labute approximate surface area is 47.8 Å². The lowest BCUT2D eigenvalue weighted by Gasteiger charge is -1.98. The summed E-state index contributed by atoms with van der Waals surface area (Å²) < 4.78 is 34.3. The van der Waals surface area contributed by atoms with Gasteiger partial charge in [0.25, 0.3) is 5.28 Å². The van der Waals surface area contributed by atoms with Crippen LogP contribution in [0, 0.1) is 0 Å². The molecule has 0 bridgehead atoms. The van der Waals surface area contributed by atoms with Gasteiger partial charge in [-0.05, 0) is 0 Å². The largest absolute Gasteiger partial charge is 0.459 e. The summed E-state index contributed by atoms with van der Waals surface area (Å²) in [6.07, 6.45) is -3.95. The summed E-state index contributed by atoms with van der Waals surface area (Å²) in [5, 5.41) is 5.50. The molecule has 0 saturated heterocycles. The zero-order chi connectivity index (χ0) is 6.91. The van der Waals surface area contributed by atoms with Crippen molar-refractivity contribution in [3.63, 3.8) is 0 Å². The Morgan fingerprint density at radius 3 is 2.44 bits per heavy atom. The highest BCUT2D eigenvalue weighted by Gasteiger charge is 2.42. The molecule has 0 N–H and O–H groups in total. The van der Waals surface area contributed by atoms with Crippen molar-refractivity contribution in [2.45, 2.75) is 6.18 Å². The summed E-state index contributed by atoms with van der Waals surface area (Å²) in [6, 6.07) is 0. The number of nitrogens with zero attached hydrogens (tertiary/aromatic N) is 2. The lowest BCUT2D eigenvalue weighted by Crippen LogP contribution is -2.11. The molecule has 0 aromatic rings. The van der Waals surface area contributed by atoms with Crippen LogP contribution >= 0.6 is 0 Å². The standard InChI is InChI=1S/C3HF3N2O/c4-3(5,6)2-1-7-8-9-2/h1H/q+1. The van der Waals surface area contributed by atoms with Gasteiger partial charge in [-0.15, -0.1) is 0 Å². The molecule has 49 valence electrons. The molecule has 1 heterocycles. The summed E-state index contributed by atoms with van der Waals surface area (Å²) >= 11 is 0. The molecule has 0 unspecified atom stereocenters. The third kappa shape index (κ3) is 1.18. The van der Waals surface area contributed by atoms with Crippen molar-refractivity contribution >= 4 is 0 Å². The van der Waals surface area contributed by atoms with Crippen molar-refractivity contribution in [1.82, 2.24) is 5.11 Å². The van der Waals surface area contributed by atoms with Crippen molar-refractivity contribution in [1.29, 1.82) is 0 Å². The monoisotopic (exact) mass is 138 g/mol. The second-order valence-corrected chi connectivity index (χ2v) is 1.28. The Morgan fingerprint density at radius 1 is 1.56 bits per heavy atom. The van der Waals surface area contributed by atoms with Gasteiger partial charge in [-0.3, -0.25) is 4.84 Å². The van der Waals surface area contributed by atoms with Crippen LogP contribution in [0.2, 0.25) is 0 Å². The lowest BCUT2D eigenvalue weighted by molar-refractivity contribution is -0.129. The molecule has 9 heavy (non-hydrogen) atoms. The molecule has 1 radical (unpaired) electrons. The van der Waals surface area contributed by atoms with Gasteiger partial charge < -0.3 is 0 Å². The van der Waals surface area contributed by atoms with E-state index in [9.17, 15) is 13.2 Å². The molecule has 0 amide bonds. The van der Waals surface area contributed by atoms with E-state index in [-0.39, 0.29) is 0 Å². The van der Waals surface area contributed by atoms with Crippen LogP contribution in [0.5, 0.6) is 0 Å². The van der Waals surface area contributed by atoms with E-state index >= 15 is 0 Å². The lowest BCUT2D eigenvalue weighted by atomic mass is 10.5. The Bertz CT molecular complexity index is 170. The van der Waals surface area contributed by atoms with Crippen molar-refractivity contribution < 1.29 is 18.0 Å². The highest BCUT2D eigenvalue weighted by Crippen LogP contribution is 2.27. The fourth-order valence-corrected chi connectivity index (χ4v) is 0.292. The Morgan fingerprint density at radius 2 is 2.22 bits per heavy atom. The van der Waals surface area contributed by atoms with E-state index in [4.69, 9.17) is 0 Å². The summed E-state index contributed by atoms with van der Waals surface area (Å²) in [6.45, 7) is 0. The predicted molar refractivity (Wildman–Crippen MR) is 19.8 cm³/mol. The number of alkyl halides is 3. The van der Waals surface area contributed by atoms with Gasteiger partial charge in [0, 0.05) is 0 Å². The van der Waals surface area contributed by atoms with Gasteiger partial charge in [-0.25, -0.2) is 0 Å². The van der Waals surface area contributed by atoms with Crippen LogP contribution in [-0.2, 0) is 4.84 Å². The number of halogens is 3. The van der Waals surface area contributed by atoms with Crippen LogP contribution < -0.4 is 5.11 Å². The third-order valence-corrected chi connectivity index (χ3v) is 0.641. The molecular weight excluding hydrogens is 137 g/mol. The molecule has 6 heteroatoms. The van der Waals surface area contributed by atoms with Gasteiger partial charge in [0.2, 0.25) is 5.11 Å². The highest BCUT2D eigenvalue weighted by atomic mass is 19.4. The zero-order valence-corrected chi connectivity index (χ0v) is 4.01. The second-order valence-electron chi connectivity index (χ2n) is 1.28. The van der Waals surface area contributed by atoms with Crippen LogP contribution in [0.3, 0.4) is 0 Å². The summed E-state index contributed by atoms with van der Waals surface area (Å²) in [5.41, 5.74) is 0. The maximum atomic E-state index is 11.4. The molecule has 0 fully saturated rings. The summed E-state index contributed by atoms with van der Waals surface area (Å²) in [5.74, 6) is -1.18. The zero-order valence-electron chi connectivity index (χ0n) is 4.01. The first-order chi connectivity index (χ1) is 4.11. The van der Waals surface area contributed by atoms with Crippen LogP contribution in [0.15, 0.2) is 17.2 Å². The van der Waals surface area contributed by atoms with Gasteiger partial charge in [-0.1, -0.05) is 0 Å². The molecule has 0 aliphatic carbocycles. The van der Waals surface area contributed by atoms with E-state index in [0.29, 0.717) is 6.20 Å². The molecule has 0 saturated carbocycles. The minimum Gasteiger partial charge on any atom is -0.290 e. The van der Waals surface area contributed by atoms with Crippen molar-refractivity contribution in [3.8, 4) is 0 Å². The van der Waals surface area contributed by atoms with Gasteiger partial charge >= 0.3 is 18.1 Å². The van der Waals surface area contributed by atoms with E-state index in [1.54, 1.807) is 0 Å². The molecule has 1 aliphatic heterocycles. The van der Waals surface area contributed by atoms with E-state index in [2.05, 4.69) is 15.2 Å². The molecule has 0 atom stereocenters. The average Bonchev–Trinajstić information content (AvgIpc) is 2.08. The molecule has 0 aromatic carbocycles. The van der Waals surface area contributed by atoms with E-state index in [0.717, 1.165) is 0 Å². The average molecular weight is 138 g/mol. The SMILES string of the molecule is FC(F)(F)C1=C[N+]=NO1. The van der Waals surface area contributed by atoms with Gasteiger partial charge in [0.05, 0.1) is 0 Å². The van der Waals surface area contributed by atoms with Gasteiger partial charge in [-0.2, -0.15) is 13.2 Å². The first kappa shape index (κ1) is 6.06. The van der Waals surface area contributed by atoms with Crippen molar-refractivity contribution in [2.24, 2.45) is 5.28 Å². The van der Waals surface area contributed by atoms with E-state index < -0.39 is 11.9 Å². The van der Waals surface area contributed by atoms with Gasteiger partial charge in [0.15, 0.2) is 0 Å². The summed E-state index contributed by atoms with van der Waals surface area (Å²) in [7, 11) is 0. The second kappa shape index (κ2) is 1.71. The van der Waals surface area contributed by atoms with Crippen LogP contribution in [0.25, 0.3) is 0 Å². The normalized spacial score (nSPS) is 17.4. The molecule has 3 nitrogen and oxygen atoms in total. The minimum atomic E-state index is -4.47. The molecular formula is C3HF3N2O+. The van der Waals surface area contributed by atoms with E-state index in [1.165, 1.54) is 0 Å². The fourth-order valence-electron chi connectivity index (χ4n) is 0.292. The predicted octanol–water partition coefficient (Wildman–Crippen LogP) is 1.12. The van der Waals surface area contributed by atoms with E-state index in [1.807, 2.05) is 0 Å². The topological polar surface area (TPSA) is 35.7 Å². The molecule has 1 rings (SSSR count). The Kier molecular flexibility index (Phi) is 1.15. The van der Waals surface area contributed by atoms with Crippen molar-refractivity contribution in [2.75, 3.05) is 0 Å². The first-order valence-corrected chi connectivity index (χ1v) is 1.95. The Balaban J connectivity index is 2.66. The molecule has 0 aromatic heterocycles. The van der Waals surface area contributed by atoms with Gasteiger partial charge in [0.1, 0.15) is 0 Å². The van der Waals surface area contributed by atoms with Crippen LogP contribution in [0.1, 0.15) is 0 Å². The maximum Gasteiger partial charge on any atom is 0.459 e. The third-order valence-electron chi connectivity index (χ3n) is 0.641. The minimum absolute atomic E-state index is 0.514. The number of hydrogen-bond acceptors (Lipinski definition) is 3. The number of rotatable bonds is 0.